The summed E-state index contributed by atoms with van der Waals surface area (Å²) < 4.78 is 0. The summed E-state index contributed by atoms with van der Waals surface area (Å²) in [5.41, 5.74) is 5.75. The molecule has 0 radical (unpaired) electrons. The van der Waals surface area contributed by atoms with E-state index in [0.717, 1.165) is 27.8 Å². The van der Waals surface area contributed by atoms with E-state index in [1.54, 1.807) is 12.1 Å². The fourth-order valence-corrected chi connectivity index (χ4v) is 4.42. The molecule has 5 aromatic rings. The monoisotopic (exact) mass is 417 g/mol. The maximum absolute atomic E-state index is 11.4. The Morgan fingerprint density at radius 1 is 0.594 bits per heavy atom. The summed E-state index contributed by atoms with van der Waals surface area (Å²) in [6.07, 6.45) is 0. The summed E-state index contributed by atoms with van der Waals surface area (Å²) >= 11 is 0. The summed E-state index contributed by atoms with van der Waals surface area (Å²) in [6, 6.07) is 32.5. The topological polar surface area (TPSA) is 40.5 Å². The predicted octanol–water partition coefficient (Wildman–Crippen LogP) is 7.78. The van der Waals surface area contributed by atoms with Crippen LogP contribution in [0.5, 0.6) is 0 Å². The molecule has 1 N–H and O–H groups in total. The molecule has 0 heterocycles. The number of carbonyl (C=O) groups is 1. The lowest BCUT2D eigenvalue weighted by molar-refractivity contribution is 0.0697. The number of anilines is 3. The summed E-state index contributed by atoms with van der Waals surface area (Å²) in [5.74, 6) is -0.926. The minimum Gasteiger partial charge on any atom is -0.478 e. The first-order valence-electron chi connectivity index (χ1n) is 10.6. The minimum absolute atomic E-state index is 0.274. The van der Waals surface area contributed by atoms with E-state index in [4.69, 9.17) is 0 Å². The smallest absolute Gasteiger partial charge is 0.335 e. The van der Waals surface area contributed by atoms with Gasteiger partial charge in [0.05, 0.1) is 16.9 Å². The Labute approximate surface area is 187 Å². The highest BCUT2D eigenvalue weighted by Gasteiger charge is 2.19. The van der Waals surface area contributed by atoms with E-state index in [1.165, 1.54) is 21.9 Å². The largest absolute Gasteiger partial charge is 0.478 e. The van der Waals surface area contributed by atoms with E-state index < -0.39 is 5.97 Å². The number of nitrogens with zero attached hydrogens (tertiary/aromatic N) is 1. The van der Waals surface area contributed by atoms with Crippen molar-refractivity contribution in [3.8, 4) is 0 Å². The van der Waals surface area contributed by atoms with Crippen LogP contribution in [0.4, 0.5) is 17.1 Å². The number of hydrogen-bond donors (Lipinski definition) is 1. The van der Waals surface area contributed by atoms with Gasteiger partial charge in [0.2, 0.25) is 0 Å². The lowest BCUT2D eigenvalue weighted by Crippen LogP contribution is -2.12. The molecule has 0 saturated carbocycles. The summed E-state index contributed by atoms with van der Waals surface area (Å²) in [5, 5.41) is 14.1. The highest BCUT2D eigenvalue weighted by Crippen LogP contribution is 2.43. The van der Waals surface area contributed by atoms with Gasteiger partial charge in [-0.25, -0.2) is 4.79 Å². The number of hydrogen-bond acceptors (Lipinski definition) is 2. The van der Waals surface area contributed by atoms with Crippen LogP contribution in [0.25, 0.3) is 21.5 Å². The first-order valence-corrected chi connectivity index (χ1v) is 10.6. The highest BCUT2D eigenvalue weighted by atomic mass is 16.4. The van der Waals surface area contributed by atoms with Crippen molar-refractivity contribution >= 4 is 44.6 Å². The van der Waals surface area contributed by atoms with Crippen LogP contribution in [0.3, 0.4) is 0 Å². The van der Waals surface area contributed by atoms with Crippen LogP contribution >= 0.6 is 0 Å². The minimum atomic E-state index is -0.926. The summed E-state index contributed by atoms with van der Waals surface area (Å²) in [6.45, 7) is 4.25. The molecule has 0 fully saturated rings. The molecule has 5 aromatic carbocycles. The fraction of sp³-hybridized carbons (Fsp3) is 0.0690. The van der Waals surface area contributed by atoms with E-state index in [-0.39, 0.29) is 5.56 Å². The SMILES string of the molecule is Cc1ccc(N(c2ccc(C(=O)O)cc2)c2ccc(C)c3ccccc23)c2ccccc12. The zero-order chi connectivity index (χ0) is 22.2. The van der Waals surface area contributed by atoms with Crippen LogP contribution in [0.15, 0.2) is 97.1 Å². The van der Waals surface area contributed by atoms with Crippen molar-refractivity contribution in [1.82, 2.24) is 0 Å². The second kappa shape index (κ2) is 7.86. The lowest BCUT2D eigenvalue weighted by Gasteiger charge is -2.29. The highest BCUT2D eigenvalue weighted by molar-refractivity contribution is 6.06. The number of carboxylic acid groups (broad SMARTS) is 1. The van der Waals surface area contributed by atoms with Crippen molar-refractivity contribution in [3.63, 3.8) is 0 Å². The zero-order valence-corrected chi connectivity index (χ0v) is 18.0. The second-order valence-electron chi connectivity index (χ2n) is 8.08. The van der Waals surface area contributed by atoms with Crippen molar-refractivity contribution in [1.29, 1.82) is 0 Å². The maximum Gasteiger partial charge on any atom is 0.335 e. The van der Waals surface area contributed by atoms with Crippen LogP contribution in [-0.4, -0.2) is 11.1 Å². The Morgan fingerprint density at radius 2 is 1.03 bits per heavy atom. The van der Waals surface area contributed by atoms with E-state index in [0.29, 0.717) is 0 Å². The van der Waals surface area contributed by atoms with Gasteiger partial charge in [-0.1, -0.05) is 60.7 Å². The van der Waals surface area contributed by atoms with Gasteiger partial charge in [-0.05, 0) is 72.1 Å². The Kier molecular flexibility index (Phi) is 4.87. The van der Waals surface area contributed by atoms with Gasteiger partial charge < -0.3 is 10.0 Å². The first-order chi connectivity index (χ1) is 15.5. The Bertz CT molecular complexity index is 1380. The third-order valence-corrected chi connectivity index (χ3v) is 6.09. The number of fused-ring (bicyclic) bond motifs is 2. The molecule has 0 aromatic heterocycles. The van der Waals surface area contributed by atoms with Gasteiger partial charge in [-0.15, -0.1) is 0 Å². The maximum atomic E-state index is 11.4. The lowest BCUT2D eigenvalue weighted by atomic mass is 9.99. The molecular weight excluding hydrogens is 394 g/mol. The number of aryl methyl sites for hydroxylation is 2. The van der Waals surface area contributed by atoms with Crippen molar-refractivity contribution in [2.75, 3.05) is 4.90 Å². The molecule has 0 amide bonds. The summed E-state index contributed by atoms with van der Waals surface area (Å²) in [4.78, 5) is 13.7. The first kappa shape index (κ1) is 19.8. The molecule has 3 heteroatoms. The predicted molar refractivity (Wildman–Crippen MR) is 133 cm³/mol. The quantitative estimate of drug-likeness (QED) is 0.325. The van der Waals surface area contributed by atoms with Crippen LogP contribution in [0.2, 0.25) is 0 Å². The third kappa shape index (κ3) is 3.28. The Hall–Kier alpha value is -4.11. The van der Waals surface area contributed by atoms with Gasteiger partial charge in [0.25, 0.3) is 0 Å². The standard InChI is InChI=1S/C29H23NO2/c1-19-11-17-27(25-9-5-3-7-23(19)25)30(22-15-13-21(14-16-22)29(31)32)28-18-12-20(2)24-8-4-6-10-26(24)28/h3-18H,1-2H3,(H,31,32). The number of aromatic carboxylic acids is 1. The zero-order valence-electron chi connectivity index (χ0n) is 18.0. The molecular formula is C29H23NO2. The van der Waals surface area contributed by atoms with E-state index in [2.05, 4.69) is 91.5 Å². The van der Waals surface area contributed by atoms with E-state index in [1.807, 2.05) is 12.1 Å². The van der Waals surface area contributed by atoms with Crippen molar-refractivity contribution in [3.05, 3.63) is 114 Å². The number of carboxylic acids is 1. The normalized spacial score (nSPS) is 11.1. The summed E-state index contributed by atoms with van der Waals surface area (Å²) in [7, 11) is 0. The van der Waals surface area contributed by atoms with Gasteiger partial charge in [-0.2, -0.15) is 0 Å². The van der Waals surface area contributed by atoms with Gasteiger partial charge in [-0.3, -0.25) is 0 Å². The molecule has 0 saturated heterocycles. The molecule has 0 aliphatic heterocycles. The second-order valence-corrected chi connectivity index (χ2v) is 8.08. The molecule has 0 aliphatic carbocycles. The third-order valence-electron chi connectivity index (χ3n) is 6.09. The molecule has 32 heavy (non-hydrogen) atoms. The van der Waals surface area contributed by atoms with Gasteiger partial charge in [0.15, 0.2) is 0 Å². The number of rotatable bonds is 4. The molecule has 0 atom stereocenters. The van der Waals surface area contributed by atoms with Crippen LogP contribution in [0.1, 0.15) is 21.5 Å². The molecule has 0 unspecified atom stereocenters. The van der Waals surface area contributed by atoms with Crippen molar-refractivity contribution < 1.29 is 9.90 Å². The van der Waals surface area contributed by atoms with E-state index >= 15 is 0 Å². The molecule has 5 rings (SSSR count). The molecule has 3 nitrogen and oxygen atoms in total. The Morgan fingerprint density at radius 3 is 1.47 bits per heavy atom. The van der Waals surface area contributed by atoms with Crippen LogP contribution < -0.4 is 4.90 Å². The van der Waals surface area contributed by atoms with Crippen molar-refractivity contribution in [2.45, 2.75) is 13.8 Å². The van der Waals surface area contributed by atoms with Gasteiger partial charge >= 0.3 is 5.97 Å². The van der Waals surface area contributed by atoms with Crippen LogP contribution in [0, 0.1) is 13.8 Å². The fourth-order valence-electron chi connectivity index (χ4n) is 4.42. The average molecular weight is 418 g/mol. The van der Waals surface area contributed by atoms with Crippen molar-refractivity contribution in [2.24, 2.45) is 0 Å². The molecule has 0 aliphatic rings. The van der Waals surface area contributed by atoms with Crippen LogP contribution in [-0.2, 0) is 0 Å². The average Bonchev–Trinajstić information content (AvgIpc) is 2.83. The molecule has 0 spiro atoms. The molecule has 156 valence electrons. The molecule has 0 bridgehead atoms. The van der Waals surface area contributed by atoms with Gasteiger partial charge in [0.1, 0.15) is 0 Å². The van der Waals surface area contributed by atoms with Gasteiger partial charge in [0, 0.05) is 16.5 Å². The van der Waals surface area contributed by atoms with E-state index in [9.17, 15) is 9.90 Å². The number of benzene rings is 5. The Balaban J connectivity index is 1.84.